The highest BCUT2D eigenvalue weighted by Crippen LogP contribution is 2.49. The van der Waals surface area contributed by atoms with Crippen LogP contribution in [0, 0.1) is 11.7 Å². The van der Waals surface area contributed by atoms with Gasteiger partial charge in [0, 0.05) is 17.5 Å². The quantitative estimate of drug-likeness (QED) is 0.249. The van der Waals surface area contributed by atoms with Crippen LogP contribution in [0.1, 0.15) is 83.7 Å². The first-order valence-corrected chi connectivity index (χ1v) is 14.6. The summed E-state index contributed by atoms with van der Waals surface area (Å²) in [5.41, 5.74) is 6.05. The van der Waals surface area contributed by atoms with Gasteiger partial charge < -0.3 is 9.64 Å². The summed E-state index contributed by atoms with van der Waals surface area (Å²) in [6, 6.07) is 19.1. The van der Waals surface area contributed by atoms with Crippen molar-refractivity contribution in [3.63, 3.8) is 0 Å². The van der Waals surface area contributed by atoms with Gasteiger partial charge in [-0.3, -0.25) is 9.59 Å². The van der Waals surface area contributed by atoms with E-state index in [0.717, 1.165) is 35.8 Å². The van der Waals surface area contributed by atoms with Gasteiger partial charge in [0.25, 0.3) is 5.91 Å². The Bertz CT molecular complexity index is 1700. The first kappa shape index (κ1) is 25.8. The average molecular weight is 550 g/mol. The molecule has 3 atom stereocenters. The van der Waals surface area contributed by atoms with Crippen LogP contribution in [0.25, 0.3) is 22.3 Å². The number of fused-ring (bicyclic) bond motifs is 2. The lowest BCUT2D eigenvalue weighted by Gasteiger charge is -2.35. The number of amides is 1. The summed E-state index contributed by atoms with van der Waals surface area (Å²) < 4.78 is 20.5. The summed E-state index contributed by atoms with van der Waals surface area (Å²) in [5, 5.41) is 0.914. The van der Waals surface area contributed by atoms with Crippen LogP contribution >= 0.6 is 0 Å². The Kier molecular flexibility index (Phi) is 6.33. The van der Waals surface area contributed by atoms with Crippen LogP contribution in [0.4, 0.5) is 4.39 Å². The van der Waals surface area contributed by atoms with Crippen LogP contribution in [0.2, 0.25) is 0 Å². The van der Waals surface area contributed by atoms with Crippen molar-refractivity contribution >= 4 is 22.9 Å². The minimum absolute atomic E-state index is 0.0114. The number of ether oxygens (including phenoxy) is 1. The number of rotatable bonds is 6. The van der Waals surface area contributed by atoms with Crippen molar-refractivity contribution in [2.45, 2.75) is 57.4 Å². The molecule has 6 nitrogen and oxygen atoms in total. The van der Waals surface area contributed by atoms with Crippen LogP contribution in [0.15, 0.2) is 60.7 Å². The third-order valence-corrected chi connectivity index (χ3v) is 8.87. The third-order valence-electron chi connectivity index (χ3n) is 8.87. The largest absolute Gasteiger partial charge is 0.466 e. The Labute approximate surface area is 238 Å². The summed E-state index contributed by atoms with van der Waals surface area (Å²) in [5.74, 6) is -0.525. The zero-order valence-corrected chi connectivity index (χ0v) is 23.3. The minimum Gasteiger partial charge on any atom is -0.466 e. The van der Waals surface area contributed by atoms with Crippen molar-refractivity contribution in [2.75, 3.05) is 13.2 Å². The molecule has 0 saturated heterocycles. The summed E-state index contributed by atoms with van der Waals surface area (Å²) in [6.07, 6.45) is 3.64. The second-order valence-electron chi connectivity index (χ2n) is 11.5. The van der Waals surface area contributed by atoms with Crippen molar-refractivity contribution in [1.82, 2.24) is 14.9 Å². The number of hydrogen-bond donors (Lipinski definition) is 0. The molecule has 2 aromatic carbocycles. The van der Waals surface area contributed by atoms with E-state index in [2.05, 4.69) is 19.1 Å². The molecule has 2 aliphatic carbocycles. The van der Waals surface area contributed by atoms with Gasteiger partial charge in [-0.15, -0.1) is 0 Å². The number of carbonyl (C=O) groups is 2. The molecule has 7 rings (SSSR count). The van der Waals surface area contributed by atoms with E-state index >= 15 is 4.39 Å². The van der Waals surface area contributed by atoms with Crippen molar-refractivity contribution in [3.8, 4) is 11.3 Å². The molecule has 1 amide bonds. The van der Waals surface area contributed by atoms with Gasteiger partial charge in [0.15, 0.2) is 5.65 Å². The maximum Gasteiger partial charge on any atom is 0.309 e. The molecule has 0 bridgehead atoms. The van der Waals surface area contributed by atoms with Gasteiger partial charge >= 0.3 is 5.97 Å². The average Bonchev–Trinajstić information content (AvgIpc) is 3.91. The number of benzene rings is 2. The Morgan fingerprint density at radius 1 is 1.02 bits per heavy atom. The highest BCUT2D eigenvalue weighted by molar-refractivity contribution is 5.96. The molecule has 1 aliphatic heterocycles. The van der Waals surface area contributed by atoms with Crippen molar-refractivity contribution in [1.29, 1.82) is 0 Å². The lowest BCUT2D eigenvalue weighted by atomic mass is 9.93. The van der Waals surface area contributed by atoms with Crippen molar-refractivity contribution in [2.24, 2.45) is 5.92 Å². The second-order valence-corrected chi connectivity index (χ2v) is 11.5. The minimum atomic E-state index is -0.390. The summed E-state index contributed by atoms with van der Waals surface area (Å²) >= 11 is 0. The summed E-state index contributed by atoms with van der Waals surface area (Å²) in [4.78, 5) is 37.3. The van der Waals surface area contributed by atoms with Crippen LogP contribution < -0.4 is 0 Å². The monoisotopic (exact) mass is 549 g/mol. The van der Waals surface area contributed by atoms with E-state index in [4.69, 9.17) is 14.7 Å². The second kappa shape index (κ2) is 10.1. The van der Waals surface area contributed by atoms with Gasteiger partial charge in [0.1, 0.15) is 11.5 Å². The van der Waals surface area contributed by atoms with Gasteiger partial charge in [-0.2, -0.15) is 0 Å². The summed E-state index contributed by atoms with van der Waals surface area (Å²) in [6.45, 7) is 4.84. The predicted octanol–water partition coefficient (Wildman–Crippen LogP) is 6.74. The van der Waals surface area contributed by atoms with Crippen LogP contribution in [0.3, 0.4) is 0 Å². The fraction of sp³-hybridized carbons (Fsp3) is 0.353. The topological polar surface area (TPSA) is 72.4 Å². The first-order chi connectivity index (χ1) is 19.9. The SMILES string of the molecule is CCOC(=O)C1CC1c1ccc(-c2ccc3c(C4CC4)cc(C(=O)N4CCc5ccccc5[C@H]4C)nc3n2)c(F)c1. The van der Waals surface area contributed by atoms with Gasteiger partial charge in [-0.1, -0.05) is 30.3 Å². The third kappa shape index (κ3) is 4.67. The van der Waals surface area contributed by atoms with E-state index in [1.807, 2.05) is 41.3 Å². The molecule has 0 radical (unpaired) electrons. The van der Waals surface area contributed by atoms with E-state index in [1.165, 1.54) is 17.2 Å². The molecule has 2 saturated carbocycles. The number of hydrogen-bond acceptors (Lipinski definition) is 5. The standard InChI is InChI=1S/C34H32FN3O3/c1-3-41-34(40)28-17-26(28)22-10-11-25(29(35)16-22)30-13-12-24-27(21-8-9-21)18-31(37-32(24)36-30)33(39)38-15-14-20-6-4-5-7-23(20)19(38)2/h4-7,10-13,16,18-19,21,26,28H,3,8-9,14-15,17H2,1-2H3/t19-,26?,28?/m1/s1. The Morgan fingerprint density at radius 3 is 2.63 bits per heavy atom. The molecule has 41 heavy (non-hydrogen) atoms. The van der Waals surface area contributed by atoms with Crippen LogP contribution in [0.5, 0.6) is 0 Å². The number of nitrogens with zero attached hydrogens (tertiary/aromatic N) is 3. The smallest absolute Gasteiger partial charge is 0.309 e. The molecule has 0 spiro atoms. The Balaban J connectivity index is 1.21. The molecule has 208 valence electrons. The maximum atomic E-state index is 15.4. The Morgan fingerprint density at radius 2 is 1.85 bits per heavy atom. The van der Waals surface area contributed by atoms with Gasteiger partial charge in [0.05, 0.1) is 24.3 Å². The number of aromatic nitrogens is 2. The van der Waals surface area contributed by atoms with E-state index in [1.54, 1.807) is 13.0 Å². The Hall–Kier alpha value is -4.13. The number of pyridine rings is 2. The van der Waals surface area contributed by atoms with E-state index in [9.17, 15) is 9.59 Å². The van der Waals surface area contributed by atoms with Gasteiger partial charge in [-0.05, 0) is 104 Å². The van der Waals surface area contributed by atoms with Crippen LogP contribution in [-0.2, 0) is 16.0 Å². The van der Waals surface area contributed by atoms with Crippen molar-refractivity contribution in [3.05, 3.63) is 94.4 Å². The predicted molar refractivity (Wildman–Crippen MR) is 154 cm³/mol. The molecule has 2 fully saturated rings. The summed E-state index contributed by atoms with van der Waals surface area (Å²) in [7, 11) is 0. The fourth-order valence-corrected chi connectivity index (χ4v) is 6.36. The van der Waals surface area contributed by atoms with E-state index < -0.39 is 0 Å². The molecule has 7 heteroatoms. The molecule has 0 N–H and O–H groups in total. The molecule has 2 aromatic heterocycles. The maximum absolute atomic E-state index is 15.4. The zero-order valence-electron chi connectivity index (χ0n) is 23.3. The van der Waals surface area contributed by atoms with E-state index in [-0.39, 0.29) is 35.6 Å². The molecule has 3 heterocycles. The van der Waals surface area contributed by atoms with E-state index in [0.29, 0.717) is 48.1 Å². The fourth-order valence-electron chi connectivity index (χ4n) is 6.36. The molecular formula is C34H32FN3O3. The van der Waals surface area contributed by atoms with Gasteiger partial charge in [-0.25, -0.2) is 14.4 Å². The molecular weight excluding hydrogens is 517 g/mol. The number of halogens is 1. The van der Waals surface area contributed by atoms with Crippen LogP contribution in [-0.4, -0.2) is 39.9 Å². The highest BCUT2D eigenvalue weighted by Gasteiger charge is 2.45. The zero-order chi connectivity index (χ0) is 28.2. The van der Waals surface area contributed by atoms with Crippen molar-refractivity contribution < 1.29 is 18.7 Å². The lowest BCUT2D eigenvalue weighted by Crippen LogP contribution is -2.39. The number of carbonyl (C=O) groups excluding carboxylic acids is 2. The molecule has 4 aromatic rings. The highest BCUT2D eigenvalue weighted by atomic mass is 19.1. The lowest BCUT2D eigenvalue weighted by molar-refractivity contribution is -0.144. The van der Waals surface area contributed by atoms with Gasteiger partial charge in [0.2, 0.25) is 0 Å². The number of esters is 1. The first-order valence-electron chi connectivity index (χ1n) is 14.6. The normalized spacial score (nSPS) is 21.4. The molecule has 2 unspecified atom stereocenters. The molecule has 3 aliphatic rings.